The van der Waals surface area contributed by atoms with Crippen LogP contribution in [0, 0.1) is 0 Å². The molecule has 1 aromatic heterocycles. The molecule has 5 heteroatoms. The van der Waals surface area contributed by atoms with Crippen LogP contribution < -0.4 is 5.32 Å². The highest BCUT2D eigenvalue weighted by Gasteiger charge is 2.26. The van der Waals surface area contributed by atoms with Crippen molar-refractivity contribution in [2.45, 2.75) is 25.0 Å². The Hall–Kier alpha value is 0.0300. The molecule has 1 aliphatic heterocycles. The maximum absolute atomic E-state index is 10.1. The largest absolute Gasteiger partial charge is 0.385 e. The fourth-order valence-corrected chi connectivity index (χ4v) is 3.04. The molecule has 2 rings (SSSR count). The van der Waals surface area contributed by atoms with Gasteiger partial charge in [-0.05, 0) is 57.3 Å². The number of hydrogen-bond acceptors (Lipinski definition) is 3. The molecule has 0 spiro atoms. The van der Waals surface area contributed by atoms with Crippen LogP contribution in [0.3, 0.4) is 0 Å². The molecule has 82 valence electrons. The third-order valence-electron chi connectivity index (χ3n) is 2.60. The van der Waals surface area contributed by atoms with Gasteiger partial charge < -0.3 is 10.4 Å². The van der Waals surface area contributed by atoms with Crippen LogP contribution in [0.25, 0.3) is 0 Å². The number of aliphatic hydroxyl groups excluding tert-OH is 1. The average molecular weight is 336 g/mol. The highest BCUT2D eigenvalue weighted by Crippen LogP contribution is 2.28. The standard InChI is InChI=1S/C10H12Br2N2O/c11-6-4-7(12)9(14-5-6)10(15)8-2-1-3-13-8/h4-5,8,10,13,15H,1-3H2. The summed E-state index contributed by atoms with van der Waals surface area (Å²) in [7, 11) is 0. The van der Waals surface area contributed by atoms with E-state index in [1.165, 1.54) is 0 Å². The van der Waals surface area contributed by atoms with Crippen molar-refractivity contribution in [2.24, 2.45) is 0 Å². The quantitative estimate of drug-likeness (QED) is 0.872. The molecule has 2 N–H and O–H groups in total. The molecule has 0 bridgehead atoms. The highest BCUT2D eigenvalue weighted by atomic mass is 79.9. The fraction of sp³-hybridized carbons (Fsp3) is 0.500. The smallest absolute Gasteiger partial charge is 0.112 e. The topological polar surface area (TPSA) is 45.2 Å². The molecule has 1 fully saturated rings. The highest BCUT2D eigenvalue weighted by molar-refractivity contribution is 9.11. The van der Waals surface area contributed by atoms with Crippen LogP contribution in [0.1, 0.15) is 24.6 Å². The molecule has 0 aliphatic carbocycles. The zero-order chi connectivity index (χ0) is 10.8. The Bertz CT molecular complexity index is 353. The van der Waals surface area contributed by atoms with Gasteiger partial charge in [-0.15, -0.1) is 0 Å². The Morgan fingerprint density at radius 3 is 2.93 bits per heavy atom. The predicted molar refractivity (Wildman–Crippen MR) is 65.6 cm³/mol. The number of pyridine rings is 1. The van der Waals surface area contributed by atoms with Gasteiger partial charge in [0.25, 0.3) is 0 Å². The van der Waals surface area contributed by atoms with Gasteiger partial charge in [-0.1, -0.05) is 0 Å². The lowest BCUT2D eigenvalue weighted by Gasteiger charge is -2.18. The van der Waals surface area contributed by atoms with Crippen LogP contribution in [0.4, 0.5) is 0 Å². The molecule has 0 aromatic carbocycles. The molecule has 0 saturated carbocycles. The molecule has 15 heavy (non-hydrogen) atoms. The summed E-state index contributed by atoms with van der Waals surface area (Å²) in [5, 5.41) is 13.4. The van der Waals surface area contributed by atoms with Gasteiger partial charge in [-0.25, -0.2) is 0 Å². The zero-order valence-electron chi connectivity index (χ0n) is 8.08. The van der Waals surface area contributed by atoms with E-state index in [-0.39, 0.29) is 6.04 Å². The van der Waals surface area contributed by atoms with Crippen molar-refractivity contribution in [3.05, 3.63) is 26.9 Å². The first kappa shape index (κ1) is 11.5. The molecule has 2 atom stereocenters. The molecule has 2 heterocycles. The Morgan fingerprint density at radius 1 is 1.53 bits per heavy atom. The molecule has 1 aromatic rings. The summed E-state index contributed by atoms with van der Waals surface area (Å²) in [5.74, 6) is 0. The van der Waals surface area contributed by atoms with E-state index in [4.69, 9.17) is 0 Å². The predicted octanol–water partition coefficient (Wildman–Crippen LogP) is 2.39. The number of rotatable bonds is 2. The Balaban J connectivity index is 2.20. The Morgan fingerprint density at radius 2 is 2.33 bits per heavy atom. The van der Waals surface area contributed by atoms with Gasteiger partial charge in [0.2, 0.25) is 0 Å². The lowest BCUT2D eigenvalue weighted by molar-refractivity contribution is 0.132. The van der Waals surface area contributed by atoms with Crippen LogP contribution in [0.15, 0.2) is 21.2 Å². The normalized spacial score (nSPS) is 23.0. The summed E-state index contributed by atoms with van der Waals surface area (Å²) in [6.45, 7) is 0.982. The second-order valence-electron chi connectivity index (χ2n) is 3.67. The van der Waals surface area contributed by atoms with Crippen molar-refractivity contribution in [1.29, 1.82) is 0 Å². The van der Waals surface area contributed by atoms with E-state index in [1.54, 1.807) is 6.20 Å². The number of aromatic nitrogens is 1. The zero-order valence-corrected chi connectivity index (χ0v) is 11.3. The Labute approximate surface area is 106 Å². The molecule has 0 radical (unpaired) electrons. The first-order valence-electron chi connectivity index (χ1n) is 4.91. The van der Waals surface area contributed by atoms with Crippen molar-refractivity contribution in [2.75, 3.05) is 6.54 Å². The SMILES string of the molecule is OC(c1ncc(Br)cc1Br)C1CCCN1. The van der Waals surface area contributed by atoms with Crippen molar-refractivity contribution >= 4 is 31.9 Å². The molecule has 0 amide bonds. The van der Waals surface area contributed by atoms with Crippen molar-refractivity contribution in [3.8, 4) is 0 Å². The third-order valence-corrected chi connectivity index (χ3v) is 3.66. The van der Waals surface area contributed by atoms with E-state index in [0.29, 0.717) is 5.69 Å². The first-order chi connectivity index (χ1) is 7.18. The Kier molecular flexibility index (Phi) is 3.77. The van der Waals surface area contributed by atoms with E-state index in [0.717, 1.165) is 28.3 Å². The summed E-state index contributed by atoms with van der Waals surface area (Å²) in [5.41, 5.74) is 0.706. The van der Waals surface area contributed by atoms with E-state index >= 15 is 0 Å². The second kappa shape index (κ2) is 4.91. The fourth-order valence-electron chi connectivity index (χ4n) is 1.81. The number of aliphatic hydroxyl groups is 1. The van der Waals surface area contributed by atoms with Gasteiger partial charge in [0.15, 0.2) is 0 Å². The van der Waals surface area contributed by atoms with Gasteiger partial charge >= 0.3 is 0 Å². The number of nitrogens with zero attached hydrogens (tertiary/aromatic N) is 1. The van der Waals surface area contributed by atoms with Crippen LogP contribution >= 0.6 is 31.9 Å². The third kappa shape index (κ3) is 2.58. The van der Waals surface area contributed by atoms with Gasteiger partial charge in [0, 0.05) is 21.2 Å². The van der Waals surface area contributed by atoms with Crippen LogP contribution in [-0.2, 0) is 0 Å². The van der Waals surface area contributed by atoms with Crippen LogP contribution in [0.5, 0.6) is 0 Å². The lowest BCUT2D eigenvalue weighted by atomic mass is 10.1. The minimum Gasteiger partial charge on any atom is -0.385 e. The summed E-state index contributed by atoms with van der Waals surface area (Å²) < 4.78 is 1.75. The molecule has 1 aliphatic rings. The van der Waals surface area contributed by atoms with E-state index < -0.39 is 6.10 Å². The van der Waals surface area contributed by atoms with Gasteiger partial charge in [0.05, 0.1) is 5.69 Å². The van der Waals surface area contributed by atoms with Crippen LogP contribution in [0.2, 0.25) is 0 Å². The molecule has 3 nitrogen and oxygen atoms in total. The monoisotopic (exact) mass is 334 g/mol. The number of hydrogen-bond donors (Lipinski definition) is 2. The van der Waals surface area contributed by atoms with Crippen molar-refractivity contribution < 1.29 is 5.11 Å². The molecular weight excluding hydrogens is 324 g/mol. The minimum absolute atomic E-state index is 0.134. The lowest BCUT2D eigenvalue weighted by Crippen LogP contribution is -2.29. The van der Waals surface area contributed by atoms with E-state index in [1.807, 2.05) is 6.07 Å². The van der Waals surface area contributed by atoms with Gasteiger partial charge in [-0.3, -0.25) is 4.98 Å². The van der Waals surface area contributed by atoms with Crippen LogP contribution in [-0.4, -0.2) is 22.7 Å². The number of nitrogens with one attached hydrogen (secondary N) is 1. The average Bonchev–Trinajstić information content (AvgIpc) is 2.69. The minimum atomic E-state index is -0.532. The summed E-state index contributed by atoms with van der Waals surface area (Å²) in [6, 6.07) is 2.04. The summed E-state index contributed by atoms with van der Waals surface area (Å²) in [4.78, 5) is 4.24. The van der Waals surface area contributed by atoms with Crippen molar-refractivity contribution in [3.63, 3.8) is 0 Å². The first-order valence-corrected chi connectivity index (χ1v) is 6.49. The molecular formula is C10H12Br2N2O. The summed E-state index contributed by atoms with van der Waals surface area (Å²) >= 11 is 6.75. The summed E-state index contributed by atoms with van der Waals surface area (Å²) in [6.07, 6.45) is 3.30. The van der Waals surface area contributed by atoms with E-state index in [2.05, 4.69) is 42.2 Å². The molecule has 1 saturated heterocycles. The number of halogens is 2. The van der Waals surface area contributed by atoms with E-state index in [9.17, 15) is 5.11 Å². The molecule has 2 unspecified atom stereocenters. The van der Waals surface area contributed by atoms with Crippen molar-refractivity contribution in [1.82, 2.24) is 10.3 Å². The van der Waals surface area contributed by atoms with Gasteiger partial charge in [-0.2, -0.15) is 0 Å². The van der Waals surface area contributed by atoms with Gasteiger partial charge in [0.1, 0.15) is 6.10 Å². The maximum atomic E-state index is 10.1. The second-order valence-corrected chi connectivity index (χ2v) is 5.44. The maximum Gasteiger partial charge on any atom is 0.112 e.